The Morgan fingerprint density at radius 2 is 2.13 bits per heavy atom. The number of aromatic hydroxyl groups is 1. The highest BCUT2D eigenvalue weighted by Crippen LogP contribution is 2.34. The van der Waals surface area contributed by atoms with Gasteiger partial charge in [-0.15, -0.1) is 0 Å². The van der Waals surface area contributed by atoms with Crippen LogP contribution in [0.5, 0.6) is 5.75 Å². The second-order valence-corrected chi connectivity index (χ2v) is 4.48. The maximum atomic E-state index is 9.94. The first-order valence-electron chi connectivity index (χ1n) is 5.70. The molecule has 1 unspecified atom stereocenters. The summed E-state index contributed by atoms with van der Waals surface area (Å²) in [5.74, 6) is 0.949. The maximum absolute atomic E-state index is 9.94. The number of aryl methyl sites for hydroxylation is 1. The lowest BCUT2D eigenvalue weighted by Crippen LogP contribution is -2.28. The van der Waals surface area contributed by atoms with E-state index >= 15 is 0 Å². The largest absolute Gasteiger partial charge is 0.508 e. The molecule has 1 fully saturated rings. The molecule has 1 aromatic rings. The molecule has 2 N–H and O–H groups in total. The highest BCUT2D eigenvalue weighted by atomic mass is 16.3. The van der Waals surface area contributed by atoms with Crippen LogP contribution < -0.4 is 5.32 Å². The molecular formula is C13H19NO. The molecule has 0 saturated carbocycles. The fourth-order valence-electron chi connectivity index (χ4n) is 2.44. The van der Waals surface area contributed by atoms with Crippen LogP contribution >= 0.6 is 0 Å². The van der Waals surface area contributed by atoms with Crippen LogP contribution in [0.1, 0.15) is 35.4 Å². The monoisotopic (exact) mass is 205 g/mol. The van der Waals surface area contributed by atoms with E-state index in [4.69, 9.17) is 0 Å². The topological polar surface area (TPSA) is 32.3 Å². The van der Waals surface area contributed by atoms with Gasteiger partial charge in [-0.2, -0.15) is 0 Å². The van der Waals surface area contributed by atoms with Crippen molar-refractivity contribution in [3.8, 4) is 5.75 Å². The Morgan fingerprint density at radius 3 is 2.80 bits per heavy atom. The third-order valence-corrected chi connectivity index (χ3v) is 3.47. The third kappa shape index (κ3) is 2.00. The summed E-state index contributed by atoms with van der Waals surface area (Å²) in [6.45, 7) is 6.33. The Hall–Kier alpha value is -1.02. The van der Waals surface area contributed by atoms with Crippen molar-refractivity contribution < 1.29 is 5.11 Å². The summed E-state index contributed by atoms with van der Waals surface area (Å²) in [6, 6.07) is 3.82. The maximum Gasteiger partial charge on any atom is 0.119 e. The second-order valence-electron chi connectivity index (χ2n) is 4.48. The summed E-state index contributed by atoms with van der Waals surface area (Å²) in [7, 11) is 0. The van der Waals surface area contributed by atoms with Crippen molar-refractivity contribution in [2.24, 2.45) is 0 Å². The predicted octanol–water partition coefficient (Wildman–Crippen LogP) is 2.48. The molecule has 2 heteroatoms. The highest BCUT2D eigenvalue weighted by molar-refractivity contribution is 5.45. The average molecular weight is 205 g/mol. The van der Waals surface area contributed by atoms with Crippen LogP contribution in [-0.4, -0.2) is 18.2 Å². The van der Waals surface area contributed by atoms with Crippen molar-refractivity contribution in [2.75, 3.05) is 13.1 Å². The first-order chi connectivity index (χ1) is 7.20. The Balaban J connectivity index is 2.36. The standard InChI is InChI=1S/C13H19NO/c1-9-5-6-12(15)13(10(9)2)11-4-3-7-14-8-11/h5-6,11,14-15H,3-4,7-8H2,1-2H3. The summed E-state index contributed by atoms with van der Waals surface area (Å²) in [6.07, 6.45) is 2.39. The second kappa shape index (κ2) is 4.23. The molecule has 2 nitrogen and oxygen atoms in total. The number of nitrogens with one attached hydrogen (secondary N) is 1. The number of hydrogen-bond donors (Lipinski definition) is 2. The number of benzene rings is 1. The molecule has 1 aliphatic rings. The average Bonchev–Trinajstić information content (AvgIpc) is 2.26. The molecule has 1 heterocycles. The van der Waals surface area contributed by atoms with Gasteiger partial charge in [-0.3, -0.25) is 0 Å². The highest BCUT2D eigenvalue weighted by Gasteiger charge is 2.20. The van der Waals surface area contributed by atoms with E-state index < -0.39 is 0 Å². The molecule has 0 aromatic heterocycles. The first kappa shape index (κ1) is 10.5. The van der Waals surface area contributed by atoms with Gasteiger partial charge in [-0.1, -0.05) is 6.07 Å². The van der Waals surface area contributed by atoms with Gasteiger partial charge in [0.2, 0.25) is 0 Å². The minimum absolute atomic E-state index is 0.465. The van der Waals surface area contributed by atoms with Gasteiger partial charge in [-0.05, 0) is 50.4 Å². The van der Waals surface area contributed by atoms with E-state index in [1.165, 1.54) is 24.0 Å². The van der Waals surface area contributed by atoms with Gasteiger partial charge in [-0.25, -0.2) is 0 Å². The number of phenols is 1. The minimum atomic E-state index is 0.465. The fourth-order valence-corrected chi connectivity index (χ4v) is 2.44. The number of hydrogen-bond acceptors (Lipinski definition) is 2. The van der Waals surface area contributed by atoms with Gasteiger partial charge in [0.25, 0.3) is 0 Å². The van der Waals surface area contributed by atoms with Gasteiger partial charge in [0.1, 0.15) is 5.75 Å². The molecule has 1 saturated heterocycles. The molecule has 15 heavy (non-hydrogen) atoms. The van der Waals surface area contributed by atoms with Crippen LogP contribution in [0.3, 0.4) is 0 Å². The minimum Gasteiger partial charge on any atom is -0.508 e. The molecule has 0 amide bonds. The summed E-state index contributed by atoms with van der Waals surface area (Å²) >= 11 is 0. The Labute approximate surface area is 91.3 Å². The van der Waals surface area contributed by atoms with Crippen LogP contribution in [0.25, 0.3) is 0 Å². The summed E-state index contributed by atoms with van der Waals surface area (Å²) in [4.78, 5) is 0. The van der Waals surface area contributed by atoms with Gasteiger partial charge in [0.05, 0.1) is 0 Å². The van der Waals surface area contributed by atoms with Gasteiger partial charge >= 0.3 is 0 Å². The van der Waals surface area contributed by atoms with Crippen molar-refractivity contribution >= 4 is 0 Å². The van der Waals surface area contributed by atoms with Crippen molar-refractivity contribution in [3.63, 3.8) is 0 Å². The molecular weight excluding hydrogens is 186 g/mol. The molecule has 0 aliphatic carbocycles. The van der Waals surface area contributed by atoms with E-state index in [0.717, 1.165) is 18.7 Å². The Bertz CT molecular complexity index is 354. The number of rotatable bonds is 1. The zero-order valence-electron chi connectivity index (χ0n) is 9.51. The summed E-state index contributed by atoms with van der Waals surface area (Å²) < 4.78 is 0. The predicted molar refractivity (Wildman–Crippen MR) is 62.4 cm³/mol. The zero-order chi connectivity index (χ0) is 10.8. The van der Waals surface area contributed by atoms with Crippen LogP contribution in [0, 0.1) is 13.8 Å². The molecule has 0 radical (unpaired) electrons. The lowest BCUT2D eigenvalue weighted by molar-refractivity contribution is 0.424. The molecule has 82 valence electrons. The lowest BCUT2D eigenvalue weighted by Gasteiger charge is -2.26. The molecule has 1 aliphatic heterocycles. The molecule has 0 bridgehead atoms. The van der Waals surface area contributed by atoms with Gasteiger partial charge in [0, 0.05) is 18.0 Å². The first-order valence-corrected chi connectivity index (χ1v) is 5.70. The van der Waals surface area contributed by atoms with Crippen LogP contribution in [-0.2, 0) is 0 Å². The van der Waals surface area contributed by atoms with Gasteiger partial charge in [0.15, 0.2) is 0 Å². The van der Waals surface area contributed by atoms with Crippen molar-refractivity contribution in [2.45, 2.75) is 32.6 Å². The number of piperidine rings is 1. The Kier molecular flexibility index (Phi) is 2.96. The third-order valence-electron chi connectivity index (χ3n) is 3.47. The zero-order valence-corrected chi connectivity index (χ0v) is 9.51. The molecule has 2 rings (SSSR count). The molecule has 1 aromatic carbocycles. The van der Waals surface area contributed by atoms with E-state index in [2.05, 4.69) is 19.2 Å². The SMILES string of the molecule is Cc1ccc(O)c(C2CCCNC2)c1C. The lowest BCUT2D eigenvalue weighted by atomic mass is 9.86. The quantitative estimate of drug-likeness (QED) is 0.738. The van der Waals surface area contributed by atoms with Crippen LogP contribution in [0.2, 0.25) is 0 Å². The smallest absolute Gasteiger partial charge is 0.119 e. The molecule has 0 spiro atoms. The van der Waals surface area contributed by atoms with E-state index in [-0.39, 0.29) is 0 Å². The van der Waals surface area contributed by atoms with Crippen molar-refractivity contribution in [1.82, 2.24) is 5.32 Å². The van der Waals surface area contributed by atoms with E-state index in [9.17, 15) is 5.11 Å². The summed E-state index contributed by atoms with van der Waals surface area (Å²) in [5, 5.41) is 13.3. The Morgan fingerprint density at radius 1 is 1.33 bits per heavy atom. The van der Waals surface area contributed by atoms with Crippen LogP contribution in [0.15, 0.2) is 12.1 Å². The van der Waals surface area contributed by atoms with Gasteiger partial charge < -0.3 is 10.4 Å². The normalized spacial score (nSPS) is 21.6. The van der Waals surface area contributed by atoms with E-state index in [0.29, 0.717) is 11.7 Å². The molecule has 1 atom stereocenters. The summed E-state index contributed by atoms with van der Waals surface area (Å²) in [5.41, 5.74) is 3.68. The van der Waals surface area contributed by atoms with Crippen molar-refractivity contribution in [3.05, 3.63) is 28.8 Å². The van der Waals surface area contributed by atoms with Crippen molar-refractivity contribution in [1.29, 1.82) is 0 Å². The number of phenolic OH excluding ortho intramolecular Hbond substituents is 1. The van der Waals surface area contributed by atoms with E-state index in [1.807, 2.05) is 12.1 Å². The van der Waals surface area contributed by atoms with E-state index in [1.54, 1.807) is 0 Å². The van der Waals surface area contributed by atoms with Crippen LogP contribution in [0.4, 0.5) is 0 Å². The fraction of sp³-hybridized carbons (Fsp3) is 0.538.